The zero-order chi connectivity index (χ0) is 30.6. The van der Waals surface area contributed by atoms with Crippen LogP contribution in [0.1, 0.15) is 51.3 Å². The second kappa shape index (κ2) is 13.0. The van der Waals surface area contributed by atoms with Gasteiger partial charge in [0.05, 0.1) is 9.95 Å². The van der Waals surface area contributed by atoms with Crippen LogP contribution in [0.25, 0.3) is 21.2 Å². The lowest BCUT2D eigenvalue weighted by Crippen LogP contribution is -2.45. The van der Waals surface area contributed by atoms with Crippen LogP contribution in [0.5, 0.6) is 0 Å². The first kappa shape index (κ1) is 29.5. The molecule has 1 N–H and O–H groups in total. The van der Waals surface area contributed by atoms with Crippen molar-refractivity contribution in [1.82, 2.24) is 15.2 Å². The number of amides is 2. The summed E-state index contributed by atoms with van der Waals surface area (Å²) < 4.78 is 0.971. The van der Waals surface area contributed by atoms with Gasteiger partial charge in [-0.3, -0.25) is 24.7 Å². The minimum absolute atomic E-state index is 0.0408. The van der Waals surface area contributed by atoms with Gasteiger partial charge in [-0.25, -0.2) is 0 Å². The minimum atomic E-state index is -0.489. The Labute approximate surface area is 263 Å². The molecule has 0 saturated heterocycles. The van der Waals surface area contributed by atoms with Gasteiger partial charge in [0.1, 0.15) is 4.88 Å². The Morgan fingerprint density at radius 2 is 1.66 bits per heavy atom. The van der Waals surface area contributed by atoms with Crippen LogP contribution >= 0.6 is 22.9 Å². The van der Waals surface area contributed by atoms with Gasteiger partial charge in [-0.2, -0.15) is 0 Å². The molecule has 10 heteroatoms. The third-order valence-corrected chi connectivity index (χ3v) is 9.76. The number of pyridine rings is 1. The van der Waals surface area contributed by atoms with Crippen LogP contribution < -0.4 is 5.32 Å². The molecule has 3 aromatic carbocycles. The van der Waals surface area contributed by atoms with Crippen molar-refractivity contribution in [1.29, 1.82) is 0 Å². The minimum Gasteiger partial charge on any atom is -0.349 e. The normalized spacial score (nSPS) is 16.4. The van der Waals surface area contributed by atoms with E-state index in [1.54, 1.807) is 12.4 Å². The van der Waals surface area contributed by atoms with Crippen molar-refractivity contribution < 1.29 is 14.5 Å². The number of thiophene rings is 1. The van der Waals surface area contributed by atoms with Gasteiger partial charge in [0.25, 0.3) is 17.5 Å². The third kappa shape index (κ3) is 6.34. The Morgan fingerprint density at radius 3 is 2.36 bits per heavy atom. The zero-order valence-corrected chi connectivity index (χ0v) is 25.3. The average Bonchev–Trinajstić information content (AvgIpc) is 3.40. The van der Waals surface area contributed by atoms with Gasteiger partial charge in [0.15, 0.2) is 0 Å². The average molecular weight is 625 g/mol. The highest BCUT2D eigenvalue weighted by Crippen LogP contribution is 2.37. The Kier molecular flexibility index (Phi) is 8.67. The van der Waals surface area contributed by atoms with Crippen molar-refractivity contribution in [3.63, 3.8) is 0 Å². The summed E-state index contributed by atoms with van der Waals surface area (Å²) in [6.07, 6.45) is 6.35. The van der Waals surface area contributed by atoms with E-state index in [0.29, 0.717) is 47.7 Å². The first-order valence-corrected chi connectivity index (χ1v) is 15.6. The SMILES string of the molecule is O=C(NC1CCC(N(Cc2cccc(-c3ccncc3)c2)C(=O)c2sc3ccccc3c2Cl)CC1)c1ccc([N+](=O)[O-])cc1. The number of fused-ring (bicyclic) bond motifs is 1. The lowest BCUT2D eigenvalue weighted by molar-refractivity contribution is -0.384. The number of benzene rings is 3. The standard InChI is InChI=1S/C34H29ClN4O4S/c35-31-29-6-1-2-7-30(29)44-32(31)34(41)38(21-22-4-3-5-25(20-22)23-16-18-36-19-17-23)27-14-10-26(11-15-27)37-33(40)24-8-12-28(13-9-24)39(42)43/h1-9,12-13,16-20,26-27H,10-11,14-15,21H2,(H,37,40). The molecule has 2 heterocycles. The number of nitro benzene ring substituents is 1. The summed E-state index contributed by atoms with van der Waals surface area (Å²) in [5.41, 5.74) is 3.43. The number of aromatic nitrogens is 1. The van der Waals surface area contributed by atoms with Gasteiger partial charge in [0, 0.05) is 58.8 Å². The molecule has 5 aromatic rings. The monoisotopic (exact) mass is 624 g/mol. The van der Waals surface area contributed by atoms with Crippen LogP contribution in [-0.2, 0) is 6.54 Å². The molecule has 44 heavy (non-hydrogen) atoms. The Morgan fingerprint density at radius 1 is 0.932 bits per heavy atom. The molecule has 2 amide bonds. The van der Waals surface area contributed by atoms with Crippen LogP contribution in [0.2, 0.25) is 5.02 Å². The molecule has 0 atom stereocenters. The molecule has 222 valence electrons. The van der Waals surface area contributed by atoms with Crippen molar-refractivity contribution >= 4 is 50.5 Å². The number of hydrogen-bond acceptors (Lipinski definition) is 6. The van der Waals surface area contributed by atoms with Crippen LogP contribution in [0.15, 0.2) is 97.3 Å². The summed E-state index contributed by atoms with van der Waals surface area (Å²) in [6, 6.07) is 25.4. The molecule has 1 saturated carbocycles. The summed E-state index contributed by atoms with van der Waals surface area (Å²) in [7, 11) is 0. The fraction of sp³-hybridized carbons (Fsp3) is 0.206. The van der Waals surface area contributed by atoms with E-state index < -0.39 is 4.92 Å². The molecule has 1 aliphatic carbocycles. The molecular weight excluding hydrogens is 596 g/mol. The third-order valence-electron chi connectivity index (χ3n) is 8.10. The number of rotatable bonds is 8. The summed E-state index contributed by atoms with van der Waals surface area (Å²) in [5.74, 6) is -0.356. The summed E-state index contributed by atoms with van der Waals surface area (Å²) in [4.78, 5) is 44.2. The molecule has 6 rings (SSSR count). The quantitative estimate of drug-likeness (QED) is 0.139. The van der Waals surface area contributed by atoms with E-state index in [4.69, 9.17) is 11.6 Å². The number of carbonyl (C=O) groups excluding carboxylic acids is 2. The number of hydrogen-bond donors (Lipinski definition) is 1. The maximum atomic E-state index is 14.2. The summed E-state index contributed by atoms with van der Waals surface area (Å²) in [6.45, 7) is 0.423. The van der Waals surface area contributed by atoms with Gasteiger partial charge in [0.2, 0.25) is 0 Å². The number of carbonyl (C=O) groups is 2. The maximum Gasteiger partial charge on any atom is 0.269 e. The molecule has 0 bridgehead atoms. The number of nitrogens with one attached hydrogen (secondary N) is 1. The van der Waals surface area contributed by atoms with Gasteiger partial charge < -0.3 is 10.2 Å². The zero-order valence-electron chi connectivity index (χ0n) is 23.7. The predicted molar refractivity (Wildman–Crippen MR) is 173 cm³/mol. The topological polar surface area (TPSA) is 105 Å². The van der Waals surface area contributed by atoms with E-state index in [2.05, 4.69) is 16.4 Å². The number of non-ortho nitro benzene ring substituents is 1. The molecule has 1 fully saturated rings. The molecule has 1 aliphatic rings. The highest BCUT2D eigenvalue weighted by atomic mass is 35.5. The summed E-state index contributed by atoms with van der Waals surface area (Å²) in [5, 5.41) is 15.4. The largest absolute Gasteiger partial charge is 0.349 e. The molecule has 0 unspecified atom stereocenters. The second-order valence-electron chi connectivity index (χ2n) is 10.9. The van der Waals surface area contributed by atoms with Gasteiger partial charge in [-0.15, -0.1) is 11.3 Å². The molecule has 2 aromatic heterocycles. The van der Waals surface area contributed by atoms with Crippen LogP contribution in [0, 0.1) is 10.1 Å². The van der Waals surface area contributed by atoms with Crippen molar-refractivity contribution in [2.45, 2.75) is 44.3 Å². The van der Waals surface area contributed by atoms with E-state index in [1.807, 2.05) is 59.5 Å². The Hall–Kier alpha value is -4.60. The highest BCUT2D eigenvalue weighted by Gasteiger charge is 2.32. The lowest BCUT2D eigenvalue weighted by atomic mass is 9.89. The van der Waals surface area contributed by atoms with Crippen LogP contribution in [-0.4, -0.2) is 38.7 Å². The van der Waals surface area contributed by atoms with Gasteiger partial charge in [-0.05, 0) is 78.8 Å². The highest BCUT2D eigenvalue weighted by molar-refractivity contribution is 7.21. The van der Waals surface area contributed by atoms with Gasteiger partial charge >= 0.3 is 0 Å². The number of nitrogens with zero attached hydrogens (tertiary/aromatic N) is 3. The van der Waals surface area contributed by atoms with Crippen LogP contribution in [0.4, 0.5) is 5.69 Å². The van der Waals surface area contributed by atoms with E-state index in [9.17, 15) is 19.7 Å². The van der Waals surface area contributed by atoms with Crippen molar-refractivity contribution in [2.75, 3.05) is 0 Å². The van der Waals surface area contributed by atoms with Crippen LogP contribution in [0.3, 0.4) is 0 Å². The Balaban J connectivity index is 1.21. The van der Waals surface area contributed by atoms with Crippen molar-refractivity contribution in [3.05, 3.63) is 128 Å². The van der Waals surface area contributed by atoms with E-state index in [-0.39, 0.29) is 29.6 Å². The van der Waals surface area contributed by atoms with E-state index in [1.165, 1.54) is 35.6 Å². The lowest BCUT2D eigenvalue weighted by Gasteiger charge is -2.37. The van der Waals surface area contributed by atoms with Gasteiger partial charge in [-0.1, -0.05) is 48.0 Å². The smallest absolute Gasteiger partial charge is 0.269 e. The summed E-state index contributed by atoms with van der Waals surface area (Å²) >= 11 is 8.20. The first-order valence-electron chi connectivity index (χ1n) is 14.4. The molecule has 8 nitrogen and oxygen atoms in total. The second-order valence-corrected chi connectivity index (χ2v) is 12.3. The molecule has 0 radical (unpaired) electrons. The van der Waals surface area contributed by atoms with Crippen molar-refractivity contribution in [3.8, 4) is 11.1 Å². The predicted octanol–water partition coefficient (Wildman–Crippen LogP) is 7.91. The molecular formula is C34H29ClN4O4S. The van der Waals surface area contributed by atoms with E-state index >= 15 is 0 Å². The molecule has 0 aliphatic heterocycles. The van der Waals surface area contributed by atoms with Crippen molar-refractivity contribution in [2.24, 2.45) is 0 Å². The maximum absolute atomic E-state index is 14.2. The fourth-order valence-corrected chi connectivity index (χ4v) is 7.24. The molecule has 0 spiro atoms. The number of halogens is 1. The Bertz CT molecular complexity index is 1820. The fourth-order valence-electron chi connectivity index (χ4n) is 5.77. The number of nitro groups is 1. The van der Waals surface area contributed by atoms with E-state index in [0.717, 1.165) is 26.8 Å². The first-order chi connectivity index (χ1) is 21.4.